The van der Waals surface area contributed by atoms with Gasteiger partial charge in [-0.2, -0.15) is 0 Å². The van der Waals surface area contributed by atoms with Gasteiger partial charge in [0, 0.05) is 30.9 Å². The molecule has 2 aliphatic rings. The van der Waals surface area contributed by atoms with Crippen molar-refractivity contribution in [3.63, 3.8) is 0 Å². The number of hydrogen-bond acceptors (Lipinski definition) is 2. The molecule has 0 bridgehead atoms. The van der Waals surface area contributed by atoms with Crippen molar-refractivity contribution in [3.8, 4) is 0 Å². The van der Waals surface area contributed by atoms with Crippen LogP contribution >= 0.6 is 0 Å². The minimum Gasteiger partial charge on any atom is -0.368 e. The Morgan fingerprint density at radius 1 is 1.20 bits per heavy atom. The number of rotatable bonds is 4. The van der Waals surface area contributed by atoms with Crippen LogP contribution in [0.15, 0.2) is 18.2 Å². The molecule has 2 unspecified atom stereocenters. The first-order chi connectivity index (χ1) is 9.65. The molecule has 1 aromatic carbocycles. The fourth-order valence-electron chi connectivity index (χ4n) is 3.35. The summed E-state index contributed by atoms with van der Waals surface area (Å²) in [5.74, 6) is 0.800. The average Bonchev–Trinajstić information content (AvgIpc) is 3.24. The quantitative estimate of drug-likeness (QED) is 0.895. The molecule has 110 valence electrons. The molecule has 1 N–H and O–H groups in total. The van der Waals surface area contributed by atoms with E-state index in [0.29, 0.717) is 6.04 Å². The average molecular weight is 272 g/mol. The molecule has 1 aromatic rings. The largest absolute Gasteiger partial charge is 0.368 e. The maximum absolute atomic E-state index is 3.68. The SMILES string of the molecule is Cc1ccc(N2CCCC(C)C2C)c(CNC2CC2)c1. The zero-order valence-electron chi connectivity index (χ0n) is 13.2. The van der Waals surface area contributed by atoms with Gasteiger partial charge in [0.25, 0.3) is 0 Å². The zero-order chi connectivity index (χ0) is 14.1. The van der Waals surface area contributed by atoms with Crippen LogP contribution in [0, 0.1) is 12.8 Å². The number of hydrogen-bond donors (Lipinski definition) is 1. The number of benzene rings is 1. The Kier molecular flexibility index (Phi) is 4.02. The summed E-state index contributed by atoms with van der Waals surface area (Å²) in [6.07, 6.45) is 5.42. The van der Waals surface area contributed by atoms with Crippen molar-refractivity contribution in [2.45, 2.75) is 65.1 Å². The lowest BCUT2D eigenvalue weighted by Crippen LogP contribution is -2.43. The van der Waals surface area contributed by atoms with Gasteiger partial charge in [0.2, 0.25) is 0 Å². The van der Waals surface area contributed by atoms with E-state index in [-0.39, 0.29) is 0 Å². The molecule has 1 heterocycles. The highest BCUT2D eigenvalue weighted by atomic mass is 15.2. The standard InChI is InChI=1S/C18H28N2/c1-13-6-9-18(16(11-13)12-19-17-7-8-17)20-10-4-5-14(2)15(20)3/h6,9,11,14-15,17,19H,4-5,7-8,10,12H2,1-3H3. The monoisotopic (exact) mass is 272 g/mol. The van der Waals surface area contributed by atoms with E-state index in [2.05, 4.69) is 49.2 Å². The van der Waals surface area contributed by atoms with Crippen molar-refractivity contribution < 1.29 is 0 Å². The molecule has 0 radical (unpaired) electrons. The van der Waals surface area contributed by atoms with E-state index in [4.69, 9.17) is 0 Å². The molecule has 20 heavy (non-hydrogen) atoms. The third-order valence-electron chi connectivity index (χ3n) is 5.08. The van der Waals surface area contributed by atoms with Gasteiger partial charge in [0.1, 0.15) is 0 Å². The van der Waals surface area contributed by atoms with Crippen LogP contribution in [-0.4, -0.2) is 18.6 Å². The van der Waals surface area contributed by atoms with Gasteiger partial charge >= 0.3 is 0 Å². The fraction of sp³-hybridized carbons (Fsp3) is 0.667. The van der Waals surface area contributed by atoms with Gasteiger partial charge in [-0.25, -0.2) is 0 Å². The molecule has 0 aromatic heterocycles. The summed E-state index contributed by atoms with van der Waals surface area (Å²) in [6.45, 7) is 9.23. The van der Waals surface area contributed by atoms with Gasteiger partial charge in [-0.1, -0.05) is 24.6 Å². The van der Waals surface area contributed by atoms with Crippen LogP contribution in [0.2, 0.25) is 0 Å². The molecule has 1 aliphatic heterocycles. The highest BCUT2D eigenvalue weighted by Gasteiger charge is 2.27. The topological polar surface area (TPSA) is 15.3 Å². The molecule has 2 atom stereocenters. The van der Waals surface area contributed by atoms with Crippen molar-refractivity contribution in [1.82, 2.24) is 5.32 Å². The zero-order valence-corrected chi connectivity index (χ0v) is 13.2. The molecular formula is C18H28N2. The molecular weight excluding hydrogens is 244 g/mol. The van der Waals surface area contributed by atoms with Gasteiger partial charge in [-0.3, -0.25) is 0 Å². The summed E-state index contributed by atoms with van der Waals surface area (Å²) in [5.41, 5.74) is 4.32. The molecule has 2 nitrogen and oxygen atoms in total. The molecule has 1 aliphatic carbocycles. The van der Waals surface area contributed by atoms with Crippen LogP contribution in [-0.2, 0) is 6.54 Å². The van der Waals surface area contributed by atoms with E-state index < -0.39 is 0 Å². The van der Waals surface area contributed by atoms with E-state index in [9.17, 15) is 0 Å². The second-order valence-electron chi connectivity index (χ2n) is 6.84. The van der Waals surface area contributed by atoms with Crippen LogP contribution in [0.1, 0.15) is 50.7 Å². The fourth-order valence-corrected chi connectivity index (χ4v) is 3.35. The van der Waals surface area contributed by atoms with E-state index in [1.54, 1.807) is 0 Å². The predicted octanol–water partition coefficient (Wildman–Crippen LogP) is 3.87. The summed E-state index contributed by atoms with van der Waals surface area (Å²) in [7, 11) is 0. The highest BCUT2D eigenvalue weighted by Crippen LogP contribution is 2.32. The second-order valence-corrected chi connectivity index (χ2v) is 6.84. The lowest BCUT2D eigenvalue weighted by Gasteiger charge is -2.40. The normalized spacial score (nSPS) is 26.9. The second kappa shape index (κ2) is 5.77. The van der Waals surface area contributed by atoms with E-state index in [0.717, 1.165) is 18.5 Å². The lowest BCUT2D eigenvalue weighted by molar-refractivity contribution is 0.363. The highest BCUT2D eigenvalue weighted by molar-refractivity contribution is 5.56. The minimum absolute atomic E-state index is 0.658. The van der Waals surface area contributed by atoms with Gasteiger partial charge in [0.05, 0.1) is 0 Å². The van der Waals surface area contributed by atoms with Gasteiger partial charge < -0.3 is 10.2 Å². The Bertz CT molecular complexity index is 464. The Hall–Kier alpha value is -1.02. The Labute approximate surface area is 123 Å². The summed E-state index contributed by atoms with van der Waals surface area (Å²) in [4.78, 5) is 2.64. The molecule has 1 saturated carbocycles. The van der Waals surface area contributed by atoms with Crippen molar-refractivity contribution in [2.75, 3.05) is 11.4 Å². The maximum Gasteiger partial charge on any atom is 0.0414 e. The van der Waals surface area contributed by atoms with Gasteiger partial charge in [0.15, 0.2) is 0 Å². The van der Waals surface area contributed by atoms with Crippen molar-refractivity contribution in [2.24, 2.45) is 5.92 Å². The van der Waals surface area contributed by atoms with Crippen molar-refractivity contribution in [3.05, 3.63) is 29.3 Å². The minimum atomic E-state index is 0.658. The molecule has 2 heteroatoms. The van der Waals surface area contributed by atoms with E-state index in [1.165, 1.54) is 49.0 Å². The van der Waals surface area contributed by atoms with Crippen molar-refractivity contribution in [1.29, 1.82) is 0 Å². The summed E-state index contributed by atoms with van der Waals surface area (Å²) >= 11 is 0. The van der Waals surface area contributed by atoms with E-state index in [1.807, 2.05) is 0 Å². The Morgan fingerprint density at radius 2 is 2.00 bits per heavy atom. The number of aryl methyl sites for hydroxylation is 1. The van der Waals surface area contributed by atoms with E-state index >= 15 is 0 Å². The summed E-state index contributed by atoms with van der Waals surface area (Å²) in [5, 5.41) is 3.68. The number of nitrogens with zero attached hydrogens (tertiary/aromatic N) is 1. The Balaban J connectivity index is 1.82. The third-order valence-corrected chi connectivity index (χ3v) is 5.08. The lowest BCUT2D eigenvalue weighted by atomic mass is 9.91. The van der Waals surface area contributed by atoms with Crippen molar-refractivity contribution >= 4 is 5.69 Å². The van der Waals surface area contributed by atoms with Crippen LogP contribution in [0.4, 0.5) is 5.69 Å². The summed E-state index contributed by atoms with van der Waals surface area (Å²) in [6, 6.07) is 8.42. The van der Waals surface area contributed by atoms with Crippen LogP contribution in [0.25, 0.3) is 0 Å². The molecule has 0 amide bonds. The first-order valence-electron chi connectivity index (χ1n) is 8.24. The van der Waals surface area contributed by atoms with Gasteiger partial charge in [-0.15, -0.1) is 0 Å². The maximum atomic E-state index is 3.68. The smallest absolute Gasteiger partial charge is 0.0414 e. The number of nitrogens with one attached hydrogen (secondary N) is 1. The molecule has 0 spiro atoms. The summed E-state index contributed by atoms with van der Waals surface area (Å²) < 4.78 is 0. The number of anilines is 1. The van der Waals surface area contributed by atoms with Crippen LogP contribution in [0.5, 0.6) is 0 Å². The first-order valence-corrected chi connectivity index (χ1v) is 8.24. The number of piperidine rings is 1. The Morgan fingerprint density at radius 3 is 2.75 bits per heavy atom. The third kappa shape index (κ3) is 3.01. The first kappa shape index (κ1) is 13.9. The van der Waals surface area contributed by atoms with Crippen LogP contribution in [0.3, 0.4) is 0 Å². The predicted molar refractivity (Wildman–Crippen MR) is 86.2 cm³/mol. The van der Waals surface area contributed by atoms with Gasteiger partial charge in [-0.05, 0) is 57.1 Å². The molecule has 3 rings (SSSR count). The molecule has 1 saturated heterocycles. The molecule has 2 fully saturated rings. The van der Waals surface area contributed by atoms with Crippen LogP contribution < -0.4 is 10.2 Å².